The lowest BCUT2D eigenvalue weighted by Crippen LogP contribution is -2.49. The molecule has 0 heterocycles. The summed E-state index contributed by atoms with van der Waals surface area (Å²) in [7, 11) is 0. The molecule has 104 valence electrons. The minimum absolute atomic E-state index is 0.0967. The number of carbonyl (C=O) groups is 1. The van der Waals surface area contributed by atoms with Gasteiger partial charge in [0.05, 0.1) is 5.41 Å². The van der Waals surface area contributed by atoms with Gasteiger partial charge in [0.15, 0.2) is 0 Å². The summed E-state index contributed by atoms with van der Waals surface area (Å²) >= 11 is 0. The van der Waals surface area contributed by atoms with Gasteiger partial charge in [-0.15, -0.1) is 0 Å². The van der Waals surface area contributed by atoms with E-state index in [1.807, 2.05) is 24.3 Å². The van der Waals surface area contributed by atoms with E-state index in [0.717, 1.165) is 36.9 Å². The maximum Gasteiger partial charge on any atom is 0.231 e. The van der Waals surface area contributed by atoms with Gasteiger partial charge in [0.25, 0.3) is 0 Å². The van der Waals surface area contributed by atoms with Crippen molar-refractivity contribution < 1.29 is 4.79 Å². The van der Waals surface area contributed by atoms with Gasteiger partial charge in [-0.25, -0.2) is 0 Å². The summed E-state index contributed by atoms with van der Waals surface area (Å²) in [5.41, 5.74) is 7.14. The summed E-state index contributed by atoms with van der Waals surface area (Å²) in [4.78, 5) is 12.6. The Kier molecular flexibility index (Phi) is 3.57. The summed E-state index contributed by atoms with van der Waals surface area (Å²) < 4.78 is 0. The largest absolute Gasteiger partial charge is 0.399 e. The van der Waals surface area contributed by atoms with Crippen molar-refractivity contribution in [2.75, 3.05) is 5.73 Å². The SMILES string of the molecule is CCC(C)(CC)NC(=O)C1(c2ccc(N)cc2)CC1. The van der Waals surface area contributed by atoms with Gasteiger partial charge in [-0.05, 0) is 50.3 Å². The second kappa shape index (κ2) is 4.87. The smallest absolute Gasteiger partial charge is 0.231 e. The zero-order chi connectivity index (χ0) is 14.1. The van der Waals surface area contributed by atoms with Crippen molar-refractivity contribution in [1.82, 2.24) is 5.32 Å². The molecule has 1 fully saturated rings. The van der Waals surface area contributed by atoms with Gasteiger partial charge in [0.2, 0.25) is 5.91 Å². The molecule has 0 bridgehead atoms. The normalized spacial score (nSPS) is 17.0. The molecule has 1 aromatic carbocycles. The molecule has 1 aliphatic carbocycles. The van der Waals surface area contributed by atoms with Crippen LogP contribution in [0.4, 0.5) is 5.69 Å². The van der Waals surface area contributed by atoms with Crippen LogP contribution in [0.3, 0.4) is 0 Å². The van der Waals surface area contributed by atoms with Crippen molar-refractivity contribution in [3.63, 3.8) is 0 Å². The first-order valence-electron chi connectivity index (χ1n) is 7.14. The van der Waals surface area contributed by atoms with Crippen molar-refractivity contribution in [2.45, 2.75) is 57.4 Å². The van der Waals surface area contributed by atoms with Crippen LogP contribution >= 0.6 is 0 Å². The topological polar surface area (TPSA) is 55.1 Å². The third-order valence-electron chi connectivity index (χ3n) is 4.62. The number of carbonyl (C=O) groups excluding carboxylic acids is 1. The fraction of sp³-hybridized carbons (Fsp3) is 0.562. The summed E-state index contributed by atoms with van der Waals surface area (Å²) in [6, 6.07) is 7.72. The predicted molar refractivity (Wildman–Crippen MR) is 78.9 cm³/mol. The van der Waals surface area contributed by atoms with Crippen LogP contribution < -0.4 is 11.1 Å². The van der Waals surface area contributed by atoms with E-state index in [1.165, 1.54) is 0 Å². The summed E-state index contributed by atoms with van der Waals surface area (Å²) in [6.07, 6.45) is 3.78. The number of nitrogens with two attached hydrogens (primary N) is 1. The molecule has 0 saturated heterocycles. The van der Waals surface area contributed by atoms with Gasteiger partial charge in [0, 0.05) is 11.2 Å². The van der Waals surface area contributed by atoms with E-state index >= 15 is 0 Å². The Bertz CT molecular complexity index is 456. The zero-order valence-electron chi connectivity index (χ0n) is 12.1. The number of hydrogen-bond donors (Lipinski definition) is 2. The van der Waals surface area contributed by atoms with E-state index < -0.39 is 0 Å². The van der Waals surface area contributed by atoms with Crippen LogP contribution in [0, 0.1) is 0 Å². The number of hydrogen-bond acceptors (Lipinski definition) is 2. The average Bonchev–Trinajstić information content (AvgIpc) is 3.21. The number of nitrogen functional groups attached to an aromatic ring is 1. The monoisotopic (exact) mass is 260 g/mol. The van der Waals surface area contributed by atoms with Crippen LogP contribution in [0.1, 0.15) is 52.0 Å². The molecule has 1 aromatic rings. The lowest BCUT2D eigenvalue weighted by atomic mass is 9.90. The van der Waals surface area contributed by atoms with Crippen LogP contribution in [0.15, 0.2) is 24.3 Å². The molecule has 2 rings (SSSR count). The van der Waals surface area contributed by atoms with E-state index in [9.17, 15) is 4.79 Å². The molecule has 0 aromatic heterocycles. The Balaban J connectivity index is 2.17. The molecule has 0 spiro atoms. The first-order chi connectivity index (χ1) is 8.96. The Hall–Kier alpha value is -1.51. The van der Waals surface area contributed by atoms with Crippen LogP contribution in [0.25, 0.3) is 0 Å². The molecule has 0 atom stereocenters. The first-order valence-corrected chi connectivity index (χ1v) is 7.14. The van der Waals surface area contributed by atoms with Gasteiger partial charge < -0.3 is 11.1 Å². The summed E-state index contributed by atoms with van der Waals surface area (Å²) in [6.45, 7) is 6.35. The number of nitrogens with one attached hydrogen (secondary N) is 1. The lowest BCUT2D eigenvalue weighted by molar-refractivity contribution is -0.125. The van der Waals surface area contributed by atoms with Gasteiger partial charge in [0.1, 0.15) is 0 Å². The van der Waals surface area contributed by atoms with E-state index in [0.29, 0.717) is 0 Å². The lowest BCUT2D eigenvalue weighted by Gasteiger charge is -2.30. The number of rotatable bonds is 5. The minimum Gasteiger partial charge on any atom is -0.399 e. The Morgan fingerprint density at radius 2 is 1.79 bits per heavy atom. The highest BCUT2D eigenvalue weighted by Gasteiger charge is 2.52. The standard InChI is InChI=1S/C16H24N2O/c1-4-15(3,5-2)18-14(19)16(10-11-16)12-6-8-13(17)9-7-12/h6-9H,4-5,10-11,17H2,1-3H3,(H,18,19). The minimum atomic E-state index is -0.306. The molecule has 1 amide bonds. The molecule has 3 N–H and O–H groups in total. The molecule has 1 saturated carbocycles. The second-order valence-corrected chi connectivity index (χ2v) is 5.93. The molecule has 1 aliphatic rings. The fourth-order valence-corrected chi connectivity index (χ4v) is 2.39. The van der Waals surface area contributed by atoms with Crippen molar-refractivity contribution in [2.24, 2.45) is 0 Å². The molecule has 19 heavy (non-hydrogen) atoms. The van der Waals surface area contributed by atoms with Crippen LogP contribution in [0.2, 0.25) is 0 Å². The Morgan fingerprint density at radius 3 is 2.21 bits per heavy atom. The highest BCUT2D eigenvalue weighted by molar-refractivity contribution is 5.91. The van der Waals surface area contributed by atoms with E-state index in [-0.39, 0.29) is 16.9 Å². The molecular weight excluding hydrogens is 236 g/mol. The highest BCUT2D eigenvalue weighted by Crippen LogP contribution is 2.48. The summed E-state index contributed by atoms with van der Waals surface area (Å²) in [5, 5.41) is 3.24. The van der Waals surface area contributed by atoms with Crippen molar-refractivity contribution in [3.8, 4) is 0 Å². The van der Waals surface area contributed by atoms with E-state index in [1.54, 1.807) is 0 Å². The van der Waals surface area contributed by atoms with Gasteiger partial charge in [-0.1, -0.05) is 26.0 Å². The molecule has 3 nitrogen and oxygen atoms in total. The molecule has 0 radical (unpaired) electrons. The maximum absolute atomic E-state index is 12.6. The maximum atomic E-state index is 12.6. The molecular formula is C16H24N2O. The first kappa shape index (κ1) is 13.9. The quantitative estimate of drug-likeness (QED) is 0.800. The van der Waals surface area contributed by atoms with Crippen molar-refractivity contribution >= 4 is 11.6 Å². The molecule has 0 unspecified atom stereocenters. The van der Waals surface area contributed by atoms with E-state index in [4.69, 9.17) is 5.73 Å². The van der Waals surface area contributed by atoms with E-state index in [2.05, 4.69) is 26.1 Å². The third-order valence-corrected chi connectivity index (χ3v) is 4.62. The Morgan fingerprint density at radius 1 is 1.26 bits per heavy atom. The zero-order valence-corrected chi connectivity index (χ0v) is 12.1. The highest BCUT2D eigenvalue weighted by atomic mass is 16.2. The Labute approximate surface area is 115 Å². The van der Waals surface area contributed by atoms with Gasteiger partial charge in [-0.2, -0.15) is 0 Å². The number of anilines is 1. The second-order valence-electron chi connectivity index (χ2n) is 5.93. The fourth-order valence-electron chi connectivity index (χ4n) is 2.39. The van der Waals surface area contributed by atoms with Crippen LogP contribution in [-0.2, 0) is 10.2 Å². The number of benzene rings is 1. The van der Waals surface area contributed by atoms with Crippen molar-refractivity contribution in [1.29, 1.82) is 0 Å². The van der Waals surface area contributed by atoms with Gasteiger partial charge >= 0.3 is 0 Å². The molecule has 0 aliphatic heterocycles. The average molecular weight is 260 g/mol. The van der Waals surface area contributed by atoms with Gasteiger partial charge in [-0.3, -0.25) is 4.79 Å². The predicted octanol–water partition coefficient (Wildman–Crippen LogP) is 3.00. The number of amides is 1. The van der Waals surface area contributed by atoms with Crippen LogP contribution in [-0.4, -0.2) is 11.4 Å². The summed E-state index contributed by atoms with van der Waals surface area (Å²) in [5.74, 6) is 0.170. The third kappa shape index (κ3) is 2.60. The van der Waals surface area contributed by atoms with Crippen molar-refractivity contribution in [3.05, 3.63) is 29.8 Å². The van der Waals surface area contributed by atoms with Crippen LogP contribution in [0.5, 0.6) is 0 Å². The molecule has 3 heteroatoms.